The molecule has 0 radical (unpaired) electrons. The Morgan fingerprint density at radius 2 is 1.88 bits per heavy atom. The highest BCUT2D eigenvalue weighted by atomic mass is 19.1. The zero-order valence-corrected chi connectivity index (χ0v) is 8.61. The number of nitrogens with one attached hydrogen (secondary N) is 1. The van der Waals surface area contributed by atoms with E-state index in [1.807, 2.05) is 6.07 Å². The molecule has 0 aliphatic carbocycles. The number of pyridine rings is 1. The molecule has 0 saturated heterocycles. The van der Waals surface area contributed by atoms with Crippen LogP contribution in [0.2, 0.25) is 0 Å². The molecule has 0 saturated carbocycles. The highest BCUT2D eigenvalue weighted by molar-refractivity contribution is 5.66. The monoisotopic (exact) mass is 231 g/mol. The van der Waals surface area contributed by atoms with Crippen molar-refractivity contribution in [2.24, 2.45) is 0 Å². The fraction of sp³-hybridized carbons (Fsp3) is 0. The molecule has 0 bridgehead atoms. The predicted octanol–water partition coefficient (Wildman–Crippen LogP) is 2.98. The van der Waals surface area contributed by atoms with Crippen LogP contribution in [0.15, 0.2) is 36.7 Å². The summed E-state index contributed by atoms with van der Waals surface area (Å²) in [6.45, 7) is 0. The molecule has 17 heavy (non-hydrogen) atoms. The van der Waals surface area contributed by atoms with E-state index in [1.165, 1.54) is 24.5 Å². The number of hydrogen-bond acceptors (Lipinski definition) is 3. The molecule has 0 amide bonds. The van der Waals surface area contributed by atoms with Gasteiger partial charge in [0.25, 0.3) is 0 Å². The molecule has 2 aromatic rings. The van der Waals surface area contributed by atoms with Crippen molar-refractivity contribution in [2.75, 3.05) is 5.32 Å². The predicted molar refractivity (Wildman–Crippen MR) is 58.6 cm³/mol. The SMILES string of the molecule is N#Cc1ccncc1Nc1c(F)cccc1F. The standard InChI is InChI=1S/C12H7F2N3/c13-9-2-1-3-10(14)12(9)17-11-7-16-5-4-8(11)6-15/h1-5,7,17H. The lowest BCUT2D eigenvalue weighted by atomic mass is 10.2. The van der Waals surface area contributed by atoms with Crippen molar-refractivity contribution in [3.63, 3.8) is 0 Å². The van der Waals surface area contributed by atoms with Crippen LogP contribution in [0.3, 0.4) is 0 Å². The molecule has 0 aliphatic rings. The zero-order valence-electron chi connectivity index (χ0n) is 8.61. The Hall–Kier alpha value is -2.48. The maximum absolute atomic E-state index is 13.4. The Kier molecular flexibility index (Phi) is 2.97. The van der Waals surface area contributed by atoms with E-state index in [0.29, 0.717) is 0 Å². The van der Waals surface area contributed by atoms with Crippen LogP contribution in [-0.2, 0) is 0 Å². The third-order valence-electron chi connectivity index (χ3n) is 2.16. The average molecular weight is 231 g/mol. The second-order valence-electron chi connectivity index (χ2n) is 3.25. The van der Waals surface area contributed by atoms with E-state index in [4.69, 9.17) is 5.26 Å². The van der Waals surface area contributed by atoms with Crippen LogP contribution in [0.4, 0.5) is 20.2 Å². The van der Waals surface area contributed by atoms with Crippen LogP contribution in [-0.4, -0.2) is 4.98 Å². The first-order valence-electron chi connectivity index (χ1n) is 4.77. The number of aromatic nitrogens is 1. The van der Waals surface area contributed by atoms with Crippen LogP contribution >= 0.6 is 0 Å². The number of rotatable bonds is 2. The first-order chi connectivity index (χ1) is 8.22. The van der Waals surface area contributed by atoms with Crippen molar-refractivity contribution in [1.29, 1.82) is 5.26 Å². The van der Waals surface area contributed by atoms with E-state index in [9.17, 15) is 8.78 Å². The Morgan fingerprint density at radius 1 is 1.18 bits per heavy atom. The van der Waals surface area contributed by atoms with Gasteiger partial charge in [-0.3, -0.25) is 4.98 Å². The number of anilines is 2. The largest absolute Gasteiger partial charge is 0.348 e. The van der Waals surface area contributed by atoms with Gasteiger partial charge >= 0.3 is 0 Å². The minimum absolute atomic E-state index is 0.263. The lowest BCUT2D eigenvalue weighted by molar-refractivity contribution is 0.591. The van der Waals surface area contributed by atoms with Gasteiger partial charge in [0.05, 0.1) is 17.4 Å². The lowest BCUT2D eigenvalue weighted by Crippen LogP contribution is -1.99. The number of hydrogen-bond donors (Lipinski definition) is 1. The van der Waals surface area contributed by atoms with E-state index in [-0.39, 0.29) is 16.9 Å². The normalized spacial score (nSPS) is 9.71. The topological polar surface area (TPSA) is 48.7 Å². The number of nitriles is 1. The minimum Gasteiger partial charge on any atom is -0.348 e. The van der Waals surface area contributed by atoms with Gasteiger partial charge < -0.3 is 5.32 Å². The van der Waals surface area contributed by atoms with Crippen LogP contribution in [0.1, 0.15) is 5.56 Å². The summed E-state index contributed by atoms with van der Waals surface area (Å²) >= 11 is 0. The third kappa shape index (κ3) is 2.21. The molecule has 0 atom stereocenters. The Balaban J connectivity index is 2.42. The first-order valence-corrected chi connectivity index (χ1v) is 4.77. The van der Waals surface area contributed by atoms with Gasteiger partial charge in [-0.25, -0.2) is 8.78 Å². The van der Waals surface area contributed by atoms with E-state index >= 15 is 0 Å². The summed E-state index contributed by atoms with van der Waals surface area (Å²) in [6.07, 6.45) is 2.77. The van der Waals surface area contributed by atoms with Gasteiger partial charge in [0.1, 0.15) is 23.4 Å². The summed E-state index contributed by atoms with van der Waals surface area (Å²) in [5, 5.41) is 11.4. The Morgan fingerprint density at radius 3 is 2.53 bits per heavy atom. The van der Waals surface area contributed by atoms with Crippen molar-refractivity contribution in [1.82, 2.24) is 4.98 Å². The van der Waals surface area contributed by atoms with Gasteiger partial charge in [0, 0.05) is 6.20 Å². The molecular formula is C12H7F2N3. The molecule has 0 fully saturated rings. The first kappa shape index (κ1) is 11.0. The summed E-state index contributed by atoms with van der Waals surface area (Å²) in [6, 6.07) is 6.90. The van der Waals surface area contributed by atoms with E-state index in [2.05, 4.69) is 10.3 Å². The maximum atomic E-state index is 13.4. The Labute approximate surface area is 96.3 Å². The fourth-order valence-corrected chi connectivity index (χ4v) is 1.34. The minimum atomic E-state index is -0.724. The average Bonchev–Trinajstić information content (AvgIpc) is 2.34. The summed E-state index contributed by atoms with van der Waals surface area (Å²) in [4.78, 5) is 3.79. The molecule has 2 rings (SSSR count). The second kappa shape index (κ2) is 4.58. The molecule has 1 aromatic heterocycles. The molecule has 0 aliphatic heterocycles. The van der Waals surface area contributed by atoms with Crippen LogP contribution < -0.4 is 5.32 Å². The molecule has 1 heterocycles. The molecule has 1 aromatic carbocycles. The van der Waals surface area contributed by atoms with Crippen molar-refractivity contribution in [2.45, 2.75) is 0 Å². The molecule has 84 valence electrons. The lowest BCUT2D eigenvalue weighted by Gasteiger charge is -2.09. The number of benzene rings is 1. The van der Waals surface area contributed by atoms with Gasteiger partial charge in [-0.1, -0.05) is 6.07 Å². The number of nitrogens with zero attached hydrogens (tertiary/aromatic N) is 2. The number of halogens is 2. The van der Waals surface area contributed by atoms with Gasteiger partial charge in [-0.15, -0.1) is 0 Å². The van der Waals surface area contributed by atoms with Gasteiger partial charge in [0.15, 0.2) is 0 Å². The molecule has 5 heteroatoms. The van der Waals surface area contributed by atoms with Gasteiger partial charge in [-0.2, -0.15) is 5.26 Å². The van der Waals surface area contributed by atoms with Crippen molar-refractivity contribution >= 4 is 11.4 Å². The van der Waals surface area contributed by atoms with Crippen LogP contribution in [0.25, 0.3) is 0 Å². The molecule has 1 N–H and O–H groups in total. The zero-order chi connectivity index (χ0) is 12.3. The quantitative estimate of drug-likeness (QED) is 0.864. The van der Waals surface area contributed by atoms with Gasteiger partial charge in [0.2, 0.25) is 0 Å². The highest BCUT2D eigenvalue weighted by Gasteiger charge is 2.10. The summed E-state index contributed by atoms with van der Waals surface area (Å²) < 4.78 is 26.7. The maximum Gasteiger partial charge on any atom is 0.149 e. The fourth-order valence-electron chi connectivity index (χ4n) is 1.34. The van der Waals surface area contributed by atoms with E-state index in [1.54, 1.807) is 0 Å². The van der Waals surface area contributed by atoms with Crippen LogP contribution in [0, 0.1) is 23.0 Å². The molecule has 0 unspecified atom stereocenters. The smallest absolute Gasteiger partial charge is 0.149 e. The summed E-state index contributed by atoms with van der Waals surface area (Å²) in [5.41, 5.74) is 0.235. The summed E-state index contributed by atoms with van der Waals surface area (Å²) in [5.74, 6) is -1.45. The Bertz CT molecular complexity index is 570. The van der Waals surface area contributed by atoms with E-state index in [0.717, 1.165) is 12.1 Å². The van der Waals surface area contributed by atoms with Crippen molar-refractivity contribution in [3.8, 4) is 6.07 Å². The molecular weight excluding hydrogens is 224 g/mol. The second-order valence-corrected chi connectivity index (χ2v) is 3.25. The number of para-hydroxylation sites is 1. The van der Waals surface area contributed by atoms with Crippen LogP contribution in [0.5, 0.6) is 0 Å². The summed E-state index contributed by atoms with van der Waals surface area (Å²) in [7, 11) is 0. The van der Waals surface area contributed by atoms with Crippen molar-refractivity contribution in [3.05, 3.63) is 53.9 Å². The highest BCUT2D eigenvalue weighted by Crippen LogP contribution is 2.24. The molecule has 0 spiro atoms. The van der Waals surface area contributed by atoms with Crippen molar-refractivity contribution < 1.29 is 8.78 Å². The third-order valence-corrected chi connectivity index (χ3v) is 2.16. The van der Waals surface area contributed by atoms with E-state index < -0.39 is 11.6 Å². The molecule has 3 nitrogen and oxygen atoms in total. The van der Waals surface area contributed by atoms with Gasteiger partial charge in [-0.05, 0) is 18.2 Å².